The maximum Gasteiger partial charge on any atom is 0.253 e. The molecule has 1 fully saturated rings. The number of nitrogens with zero attached hydrogens (tertiary/aromatic N) is 3. The Kier molecular flexibility index (Phi) is 6.18. The zero-order chi connectivity index (χ0) is 24.0. The van der Waals surface area contributed by atoms with E-state index in [1.54, 1.807) is 18.2 Å². The Bertz CT molecular complexity index is 1310. The minimum absolute atomic E-state index is 0.0587. The van der Waals surface area contributed by atoms with E-state index in [2.05, 4.69) is 0 Å². The van der Waals surface area contributed by atoms with Crippen molar-refractivity contribution in [3.05, 3.63) is 59.2 Å². The number of amides is 1. The quantitative estimate of drug-likeness (QED) is 0.640. The molecule has 2 aromatic rings. The number of carbonyl (C=O) groups excluding carboxylic acids is 1. The summed E-state index contributed by atoms with van der Waals surface area (Å²) in [6.45, 7) is 0.443. The number of piperazine rings is 1. The van der Waals surface area contributed by atoms with Crippen LogP contribution in [0.4, 0.5) is 14.5 Å². The van der Waals surface area contributed by atoms with Gasteiger partial charge in [0, 0.05) is 38.3 Å². The lowest BCUT2D eigenvalue weighted by Gasteiger charge is -2.34. The Balaban J connectivity index is 1.48. The lowest BCUT2D eigenvalue weighted by molar-refractivity contribution is 0.0697. The summed E-state index contributed by atoms with van der Waals surface area (Å²) in [4.78, 5) is 13.8. The fourth-order valence-corrected chi connectivity index (χ4v) is 6.66. The van der Waals surface area contributed by atoms with Crippen molar-refractivity contribution in [2.75, 3.05) is 43.3 Å². The predicted molar refractivity (Wildman–Crippen MR) is 118 cm³/mol. The molecule has 0 N–H and O–H groups in total. The van der Waals surface area contributed by atoms with Gasteiger partial charge in [0.05, 0.1) is 11.9 Å². The summed E-state index contributed by atoms with van der Waals surface area (Å²) in [7, 11) is -7.66. The van der Waals surface area contributed by atoms with Crippen molar-refractivity contribution in [1.29, 1.82) is 0 Å². The van der Waals surface area contributed by atoms with Gasteiger partial charge in [-0.2, -0.15) is 4.31 Å². The SMILES string of the molecule is CS(=O)(=O)N1CCCc2cc(C(=O)N3CCN(S(=O)(=O)c4cc(F)ccc4F)CC3)ccc21. The fourth-order valence-electron chi connectivity index (χ4n) is 4.17. The molecule has 178 valence electrons. The van der Waals surface area contributed by atoms with Crippen molar-refractivity contribution < 1.29 is 30.4 Å². The maximum absolute atomic E-state index is 14.0. The molecule has 0 unspecified atom stereocenters. The first-order valence-electron chi connectivity index (χ1n) is 10.3. The van der Waals surface area contributed by atoms with Crippen LogP contribution in [0.25, 0.3) is 0 Å². The van der Waals surface area contributed by atoms with Gasteiger partial charge in [-0.15, -0.1) is 0 Å². The molecule has 0 aromatic heterocycles. The van der Waals surface area contributed by atoms with Gasteiger partial charge in [0.25, 0.3) is 5.91 Å². The Labute approximate surface area is 191 Å². The Morgan fingerprint density at radius 2 is 1.61 bits per heavy atom. The van der Waals surface area contributed by atoms with Gasteiger partial charge in [-0.1, -0.05) is 0 Å². The van der Waals surface area contributed by atoms with Crippen LogP contribution >= 0.6 is 0 Å². The first kappa shape index (κ1) is 23.6. The number of carbonyl (C=O) groups is 1. The van der Waals surface area contributed by atoms with Gasteiger partial charge in [0.15, 0.2) is 0 Å². The van der Waals surface area contributed by atoms with Crippen LogP contribution in [-0.4, -0.2) is 70.9 Å². The third-order valence-electron chi connectivity index (χ3n) is 5.84. The number of halogens is 2. The third-order valence-corrected chi connectivity index (χ3v) is 8.93. The van der Waals surface area contributed by atoms with Gasteiger partial charge in [-0.3, -0.25) is 9.10 Å². The Hall–Kier alpha value is -2.57. The molecule has 2 heterocycles. The van der Waals surface area contributed by atoms with Crippen molar-refractivity contribution in [3.63, 3.8) is 0 Å². The highest BCUT2D eigenvalue weighted by Gasteiger charge is 2.33. The summed E-state index contributed by atoms with van der Waals surface area (Å²) in [5.74, 6) is -2.19. The van der Waals surface area contributed by atoms with E-state index in [1.807, 2.05) is 0 Å². The van der Waals surface area contributed by atoms with Crippen LogP contribution in [0.1, 0.15) is 22.3 Å². The summed E-state index contributed by atoms with van der Waals surface area (Å²) in [5.41, 5.74) is 1.71. The number of rotatable bonds is 4. The molecule has 0 radical (unpaired) electrons. The molecule has 4 rings (SSSR count). The van der Waals surface area contributed by atoms with E-state index in [0.717, 1.165) is 28.3 Å². The van der Waals surface area contributed by atoms with E-state index in [-0.39, 0.29) is 32.1 Å². The predicted octanol–water partition coefficient (Wildman–Crippen LogP) is 1.82. The molecule has 8 nitrogen and oxygen atoms in total. The molecule has 2 aromatic carbocycles. The second-order valence-electron chi connectivity index (χ2n) is 8.05. The summed E-state index contributed by atoms with van der Waals surface area (Å²) >= 11 is 0. The first-order chi connectivity index (χ1) is 15.5. The average molecular weight is 500 g/mol. The van der Waals surface area contributed by atoms with Crippen molar-refractivity contribution in [2.24, 2.45) is 0 Å². The highest BCUT2D eigenvalue weighted by Crippen LogP contribution is 2.30. The molecule has 33 heavy (non-hydrogen) atoms. The topological polar surface area (TPSA) is 95.1 Å². The van der Waals surface area contributed by atoms with Crippen LogP contribution < -0.4 is 4.31 Å². The third kappa shape index (κ3) is 4.59. The molecule has 2 aliphatic heterocycles. The number of anilines is 1. The van der Waals surface area contributed by atoms with Crippen LogP contribution in [0.2, 0.25) is 0 Å². The van der Waals surface area contributed by atoms with Crippen molar-refractivity contribution in [3.8, 4) is 0 Å². The van der Waals surface area contributed by atoms with Crippen LogP contribution in [0.15, 0.2) is 41.3 Å². The molecule has 12 heteroatoms. The van der Waals surface area contributed by atoms with Gasteiger partial charge in [-0.25, -0.2) is 25.6 Å². The lowest BCUT2D eigenvalue weighted by Crippen LogP contribution is -2.50. The van der Waals surface area contributed by atoms with Gasteiger partial charge in [0.1, 0.15) is 16.5 Å². The summed E-state index contributed by atoms with van der Waals surface area (Å²) in [6.07, 6.45) is 2.43. The van der Waals surface area contributed by atoms with Crippen LogP contribution in [0.5, 0.6) is 0 Å². The monoisotopic (exact) mass is 499 g/mol. The molecule has 1 amide bonds. The molecule has 0 saturated carbocycles. The summed E-state index contributed by atoms with van der Waals surface area (Å²) in [6, 6.07) is 7.13. The molecular formula is C21H23F2N3O5S2. The smallest absolute Gasteiger partial charge is 0.253 e. The van der Waals surface area contributed by atoms with E-state index in [9.17, 15) is 30.4 Å². The van der Waals surface area contributed by atoms with Crippen molar-refractivity contribution in [1.82, 2.24) is 9.21 Å². The second kappa shape index (κ2) is 8.65. The van der Waals surface area contributed by atoms with Gasteiger partial charge >= 0.3 is 0 Å². The lowest BCUT2D eigenvalue weighted by atomic mass is 10.00. The van der Waals surface area contributed by atoms with Gasteiger partial charge < -0.3 is 4.90 Å². The first-order valence-corrected chi connectivity index (χ1v) is 13.6. The molecule has 0 spiro atoms. The number of hydrogen-bond donors (Lipinski definition) is 0. The number of benzene rings is 2. The largest absolute Gasteiger partial charge is 0.336 e. The fraction of sp³-hybridized carbons (Fsp3) is 0.381. The molecular weight excluding hydrogens is 476 g/mol. The minimum atomic E-state index is -4.24. The van der Waals surface area contributed by atoms with E-state index in [0.29, 0.717) is 36.7 Å². The molecule has 2 aliphatic rings. The normalized spacial score (nSPS) is 17.7. The van der Waals surface area contributed by atoms with Crippen LogP contribution in [0, 0.1) is 11.6 Å². The standard InChI is InChI=1S/C21H23F2N3O5S2/c1-32(28,29)26-8-2-3-15-13-16(4-7-19(15)26)21(27)24-9-11-25(12-10-24)33(30,31)20-14-17(22)5-6-18(20)23/h4-7,13-14H,2-3,8-12H2,1H3. The van der Waals surface area contributed by atoms with Crippen molar-refractivity contribution in [2.45, 2.75) is 17.7 Å². The number of aryl methyl sites for hydroxylation is 1. The average Bonchev–Trinajstić information content (AvgIpc) is 2.78. The van der Waals surface area contributed by atoms with Gasteiger partial charge in [0.2, 0.25) is 20.0 Å². The molecule has 0 atom stereocenters. The minimum Gasteiger partial charge on any atom is -0.336 e. The second-order valence-corrected chi connectivity index (χ2v) is 11.9. The van der Waals surface area contributed by atoms with E-state index in [1.165, 1.54) is 9.21 Å². The van der Waals surface area contributed by atoms with Crippen LogP contribution in [-0.2, 0) is 26.5 Å². The zero-order valence-corrected chi connectivity index (χ0v) is 19.5. The van der Waals surface area contributed by atoms with E-state index in [4.69, 9.17) is 0 Å². The maximum atomic E-state index is 14.0. The highest BCUT2D eigenvalue weighted by atomic mass is 32.2. The van der Waals surface area contributed by atoms with Gasteiger partial charge in [-0.05, 0) is 54.8 Å². The summed E-state index contributed by atoms with van der Waals surface area (Å²) in [5, 5.41) is 0. The molecule has 1 saturated heterocycles. The highest BCUT2D eigenvalue weighted by molar-refractivity contribution is 7.92. The molecule has 0 bridgehead atoms. The van der Waals surface area contributed by atoms with E-state index >= 15 is 0 Å². The zero-order valence-electron chi connectivity index (χ0n) is 17.9. The Morgan fingerprint density at radius 1 is 0.909 bits per heavy atom. The van der Waals surface area contributed by atoms with E-state index < -0.39 is 36.6 Å². The van der Waals surface area contributed by atoms with Crippen LogP contribution in [0.3, 0.4) is 0 Å². The number of hydrogen-bond acceptors (Lipinski definition) is 5. The number of sulfonamides is 2. The summed E-state index contributed by atoms with van der Waals surface area (Å²) < 4.78 is 79.4. The number of fused-ring (bicyclic) bond motifs is 1. The molecule has 0 aliphatic carbocycles. The van der Waals surface area contributed by atoms with Crippen molar-refractivity contribution >= 4 is 31.6 Å². The Morgan fingerprint density at radius 3 is 2.27 bits per heavy atom.